The van der Waals surface area contributed by atoms with E-state index in [0.29, 0.717) is 33.2 Å². The second-order valence-corrected chi connectivity index (χ2v) is 10.9. The Balaban J connectivity index is 1.47. The highest BCUT2D eigenvalue weighted by molar-refractivity contribution is 6.20. The molecule has 0 unspecified atom stereocenters. The Hall–Kier alpha value is -6.30. The number of benzene rings is 6. The molecule has 2 heterocycles. The van der Waals surface area contributed by atoms with Gasteiger partial charge in [0.15, 0.2) is 0 Å². The minimum atomic E-state index is -0.228. The summed E-state index contributed by atoms with van der Waals surface area (Å²) in [4.78, 5) is 19.3. The Kier molecular flexibility index (Phi) is 5.72. The van der Waals surface area contributed by atoms with Crippen LogP contribution in [0.1, 0.15) is 33.7 Å². The summed E-state index contributed by atoms with van der Waals surface area (Å²) in [6.45, 7) is 0. The van der Waals surface area contributed by atoms with Crippen molar-refractivity contribution in [1.29, 1.82) is 10.5 Å². The maximum Gasteiger partial charge on any atom is 0.264 e. The van der Waals surface area contributed by atoms with Gasteiger partial charge in [-0.1, -0.05) is 97.1 Å². The summed E-state index contributed by atoms with van der Waals surface area (Å²) in [6, 6.07) is 46.1. The fourth-order valence-electron chi connectivity index (χ4n) is 6.64. The quantitative estimate of drug-likeness (QED) is 0.203. The maximum absolute atomic E-state index is 14.2. The molecule has 0 atom stereocenters. The van der Waals surface area contributed by atoms with Gasteiger partial charge in [-0.2, -0.15) is 10.5 Å². The van der Waals surface area contributed by atoms with Gasteiger partial charge in [0.1, 0.15) is 5.65 Å². The summed E-state index contributed by atoms with van der Waals surface area (Å²) >= 11 is 0. The van der Waals surface area contributed by atoms with Crippen molar-refractivity contribution in [1.82, 2.24) is 9.38 Å². The highest BCUT2D eigenvalue weighted by atomic mass is 16.1. The molecule has 0 N–H and O–H groups in total. The smallest absolute Gasteiger partial charge is 0.264 e. The number of imidazole rings is 1. The van der Waals surface area contributed by atoms with Gasteiger partial charge in [-0.25, -0.2) is 4.98 Å². The van der Waals surface area contributed by atoms with Gasteiger partial charge in [-0.15, -0.1) is 0 Å². The predicted molar refractivity (Wildman–Crippen MR) is 174 cm³/mol. The zero-order chi connectivity index (χ0) is 29.8. The zero-order valence-corrected chi connectivity index (χ0v) is 23.4. The van der Waals surface area contributed by atoms with Crippen LogP contribution in [-0.2, 0) is 0 Å². The predicted octanol–water partition coefficient (Wildman–Crippen LogP) is 8.18. The van der Waals surface area contributed by atoms with E-state index in [1.807, 2.05) is 91.0 Å². The highest BCUT2D eigenvalue weighted by Crippen LogP contribution is 2.39. The molecule has 8 rings (SSSR count). The van der Waals surface area contributed by atoms with E-state index in [2.05, 4.69) is 36.4 Å². The van der Waals surface area contributed by atoms with Crippen LogP contribution in [0.5, 0.6) is 0 Å². The molecule has 6 aromatic carbocycles. The van der Waals surface area contributed by atoms with Gasteiger partial charge in [0, 0.05) is 27.5 Å². The topological polar surface area (TPSA) is 81.9 Å². The minimum Gasteiger partial charge on any atom is -0.268 e. The first-order valence-corrected chi connectivity index (χ1v) is 14.3. The fourth-order valence-corrected chi connectivity index (χ4v) is 6.64. The molecule has 0 bridgehead atoms. The molecule has 0 spiro atoms. The van der Waals surface area contributed by atoms with Crippen LogP contribution in [-0.4, -0.2) is 9.38 Å². The Morgan fingerprint density at radius 1 is 0.636 bits per heavy atom. The lowest BCUT2D eigenvalue weighted by atomic mass is 9.83. The van der Waals surface area contributed by atoms with Gasteiger partial charge in [0.05, 0.1) is 34.3 Å². The maximum atomic E-state index is 14.2. The zero-order valence-electron chi connectivity index (χ0n) is 23.4. The van der Waals surface area contributed by atoms with E-state index >= 15 is 0 Å². The van der Waals surface area contributed by atoms with Crippen molar-refractivity contribution in [3.05, 3.63) is 166 Å². The molecule has 5 heteroatoms. The van der Waals surface area contributed by atoms with E-state index in [1.165, 1.54) is 0 Å². The van der Waals surface area contributed by atoms with Crippen molar-refractivity contribution in [2.24, 2.45) is 0 Å². The molecule has 0 saturated carbocycles. The van der Waals surface area contributed by atoms with Crippen molar-refractivity contribution in [3.8, 4) is 23.3 Å². The van der Waals surface area contributed by atoms with Gasteiger partial charge in [0.2, 0.25) is 0 Å². The standard InChI is InChI=1S/C39H22N4O/c40-22-27-16-17-30-37-31(19-18-29(36(27)37)24-10-4-1-5-11-24)39(44)43-34-20-28(23-41)32(21-33(34)42-38(30)43)35(25-12-6-2-7-13-25)26-14-8-3-9-15-26/h1-21,35H. The number of nitriles is 2. The average Bonchev–Trinajstić information content (AvgIpc) is 3.46. The van der Waals surface area contributed by atoms with Gasteiger partial charge in [-0.3, -0.25) is 9.20 Å². The first-order chi connectivity index (χ1) is 21.7. The fraction of sp³-hybridized carbons (Fsp3) is 0.0256. The molecule has 0 aliphatic rings. The Morgan fingerprint density at radius 3 is 1.89 bits per heavy atom. The molecule has 204 valence electrons. The lowest BCUT2D eigenvalue weighted by molar-refractivity contribution is 0.973. The summed E-state index contributed by atoms with van der Waals surface area (Å²) < 4.78 is 1.62. The van der Waals surface area contributed by atoms with E-state index in [0.717, 1.165) is 44.0 Å². The van der Waals surface area contributed by atoms with Gasteiger partial charge < -0.3 is 0 Å². The second-order valence-electron chi connectivity index (χ2n) is 10.9. The van der Waals surface area contributed by atoms with Crippen molar-refractivity contribution in [3.63, 3.8) is 0 Å². The van der Waals surface area contributed by atoms with E-state index in [9.17, 15) is 15.3 Å². The Bertz CT molecular complexity index is 2480. The van der Waals surface area contributed by atoms with Crippen molar-refractivity contribution >= 4 is 38.2 Å². The van der Waals surface area contributed by atoms with E-state index < -0.39 is 0 Å². The van der Waals surface area contributed by atoms with Gasteiger partial charge in [0.25, 0.3) is 5.56 Å². The molecule has 0 amide bonds. The molecule has 0 saturated heterocycles. The molecule has 0 aliphatic carbocycles. The molecule has 0 aliphatic heterocycles. The normalized spacial score (nSPS) is 11.4. The van der Waals surface area contributed by atoms with Crippen LogP contribution >= 0.6 is 0 Å². The summed E-state index contributed by atoms with van der Waals surface area (Å²) in [7, 11) is 0. The number of hydrogen-bond acceptors (Lipinski definition) is 4. The van der Waals surface area contributed by atoms with E-state index in [-0.39, 0.29) is 11.5 Å². The van der Waals surface area contributed by atoms with Crippen LogP contribution in [0.3, 0.4) is 0 Å². The summed E-state index contributed by atoms with van der Waals surface area (Å²) in [5.41, 5.74) is 7.29. The third-order valence-electron chi connectivity index (χ3n) is 8.56. The molecule has 0 radical (unpaired) electrons. The summed E-state index contributed by atoms with van der Waals surface area (Å²) in [6.07, 6.45) is 0. The van der Waals surface area contributed by atoms with Crippen molar-refractivity contribution in [2.75, 3.05) is 0 Å². The van der Waals surface area contributed by atoms with Gasteiger partial charge >= 0.3 is 0 Å². The van der Waals surface area contributed by atoms with Crippen molar-refractivity contribution < 1.29 is 0 Å². The van der Waals surface area contributed by atoms with Crippen molar-refractivity contribution in [2.45, 2.75) is 5.92 Å². The first-order valence-electron chi connectivity index (χ1n) is 14.3. The van der Waals surface area contributed by atoms with E-state index in [1.54, 1.807) is 16.5 Å². The van der Waals surface area contributed by atoms with Crippen LogP contribution in [0.25, 0.3) is 49.4 Å². The van der Waals surface area contributed by atoms with Crippen LogP contribution in [0, 0.1) is 22.7 Å². The first kappa shape index (κ1) is 25.4. The van der Waals surface area contributed by atoms with Crippen LogP contribution in [0.15, 0.2) is 132 Å². The second kappa shape index (κ2) is 9.91. The third kappa shape index (κ3) is 3.71. The highest BCUT2D eigenvalue weighted by Gasteiger charge is 2.24. The number of aromatic nitrogens is 2. The van der Waals surface area contributed by atoms with Crippen LogP contribution < -0.4 is 5.56 Å². The summed E-state index contributed by atoms with van der Waals surface area (Å²) in [5, 5.41) is 23.3. The van der Waals surface area contributed by atoms with Crippen LogP contribution in [0.2, 0.25) is 0 Å². The third-order valence-corrected chi connectivity index (χ3v) is 8.56. The molecular weight excluding hydrogens is 540 g/mol. The molecule has 44 heavy (non-hydrogen) atoms. The minimum absolute atomic E-state index is 0.196. The van der Waals surface area contributed by atoms with Gasteiger partial charge in [-0.05, 0) is 58.1 Å². The number of fused-ring (bicyclic) bond motifs is 4. The summed E-state index contributed by atoms with van der Waals surface area (Å²) in [5.74, 6) is -0.196. The molecule has 0 fully saturated rings. The van der Waals surface area contributed by atoms with E-state index in [4.69, 9.17) is 4.98 Å². The number of rotatable bonds is 4. The monoisotopic (exact) mass is 562 g/mol. The largest absolute Gasteiger partial charge is 0.268 e. The molecule has 8 aromatic rings. The molecular formula is C39H22N4O. The Labute approximate surface area is 252 Å². The Morgan fingerprint density at radius 2 is 1.25 bits per heavy atom. The number of nitrogens with zero attached hydrogens (tertiary/aromatic N) is 4. The number of pyridine rings is 1. The average molecular weight is 563 g/mol. The lowest BCUT2D eigenvalue weighted by Crippen LogP contribution is -2.14. The van der Waals surface area contributed by atoms with Crippen LogP contribution in [0.4, 0.5) is 0 Å². The molecule has 2 aromatic heterocycles. The lowest BCUT2D eigenvalue weighted by Gasteiger charge is -2.20. The molecule has 5 nitrogen and oxygen atoms in total. The number of hydrogen-bond donors (Lipinski definition) is 0. The SMILES string of the molecule is N#Cc1cc2c(cc1C(c1ccccc1)c1ccccc1)nc1c3ccc(C#N)c4c(-c5ccccc5)ccc(c(=O)n21)c43.